The molecule has 1 aromatic rings. The molecule has 2 N–H and O–H groups in total. The van der Waals surface area contributed by atoms with E-state index in [-0.39, 0.29) is 18.6 Å². The van der Waals surface area contributed by atoms with Crippen molar-refractivity contribution in [1.82, 2.24) is 5.32 Å². The molecule has 1 aromatic carbocycles. The Kier molecular flexibility index (Phi) is 3.94. The highest BCUT2D eigenvalue weighted by Crippen LogP contribution is 2.19. The number of allylic oxidation sites excluding steroid dienone is 1. The van der Waals surface area contributed by atoms with Crippen molar-refractivity contribution in [3.05, 3.63) is 47.5 Å². The second-order valence-electron chi connectivity index (χ2n) is 4.24. The molecular formula is C14H17NO2. The molecule has 0 radical (unpaired) electrons. The molecule has 0 aliphatic heterocycles. The molecule has 0 saturated carbocycles. The van der Waals surface area contributed by atoms with Crippen molar-refractivity contribution >= 4 is 5.91 Å². The minimum atomic E-state index is -0.315. The summed E-state index contributed by atoms with van der Waals surface area (Å²) in [4.78, 5) is 11.9. The summed E-state index contributed by atoms with van der Waals surface area (Å²) in [5.41, 5.74) is 1.78. The van der Waals surface area contributed by atoms with Gasteiger partial charge in [-0.25, -0.2) is 0 Å². The van der Waals surface area contributed by atoms with Crippen molar-refractivity contribution in [2.75, 3.05) is 6.61 Å². The minimum Gasteiger partial charge on any atom is -0.394 e. The maximum atomic E-state index is 11.9. The molecule has 0 aromatic heterocycles. The predicted octanol–water partition coefficient (Wildman–Crippen LogP) is 1.95. The molecule has 1 amide bonds. The molecule has 2 rings (SSSR count). The average Bonchev–Trinajstić information content (AvgIpc) is 2.90. The number of rotatable bonds is 4. The Morgan fingerprint density at radius 3 is 2.71 bits per heavy atom. The Bertz CT molecular complexity index is 411. The van der Waals surface area contributed by atoms with Crippen LogP contribution in [0.5, 0.6) is 0 Å². The molecule has 90 valence electrons. The van der Waals surface area contributed by atoms with Gasteiger partial charge in [0.05, 0.1) is 12.6 Å². The molecule has 17 heavy (non-hydrogen) atoms. The molecule has 0 spiro atoms. The van der Waals surface area contributed by atoms with E-state index >= 15 is 0 Å². The molecule has 0 heterocycles. The van der Waals surface area contributed by atoms with E-state index in [0.29, 0.717) is 0 Å². The van der Waals surface area contributed by atoms with Gasteiger partial charge in [0.15, 0.2) is 0 Å². The highest BCUT2D eigenvalue weighted by atomic mass is 16.3. The number of amides is 1. The van der Waals surface area contributed by atoms with Crippen molar-refractivity contribution in [3.63, 3.8) is 0 Å². The molecule has 0 saturated heterocycles. The number of aliphatic hydroxyl groups is 1. The third-order valence-corrected chi connectivity index (χ3v) is 3.02. The van der Waals surface area contributed by atoms with Crippen LogP contribution in [0.15, 0.2) is 42.0 Å². The molecule has 3 nitrogen and oxygen atoms in total. The molecule has 0 unspecified atom stereocenters. The second-order valence-corrected chi connectivity index (χ2v) is 4.24. The number of carbonyl (C=O) groups is 1. The second kappa shape index (κ2) is 5.64. The average molecular weight is 231 g/mol. The topological polar surface area (TPSA) is 49.3 Å². The number of benzene rings is 1. The summed E-state index contributed by atoms with van der Waals surface area (Å²) in [5, 5.41) is 12.2. The Balaban J connectivity index is 2.03. The summed E-state index contributed by atoms with van der Waals surface area (Å²) < 4.78 is 0. The predicted molar refractivity (Wildman–Crippen MR) is 66.3 cm³/mol. The first-order valence-electron chi connectivity index (χ1n) is 5.97. The normalized spacial score (nSPS) is 16.4. The van der Waals surface area contributed by atoms with E-state index in [0.717, 1.165) is 30.4 Å². The first-order chi connectivity index (χ1) is 8.31. The van der Waals surface area contributed by atoms with E-state index < -0.39 is 0 Å². The lowest BCUT2D eigenvalue weighted by Gasteiger charge is -2.17. The van der Waals surface area contributed by atoms with Crippen molar-refractivity contribution < 1.29 is 9.90 Å². The van der Waals surface area contributed by atoms with Crippen LogP contribution >= 0.6 is 0 Å². The molecular weight excluding hydrogens is 214 g/mol. The highest BCUT2D eigenvalue weighted by molar-refractivity contribution is 5.94. The summed E-state index contributed by atoms with van der Waals surface area (Å²) in [6.45, 7) is -0.0803. The van der Waals surface area contributed by atoms with Crippen LogP contribution < -0.4 is 5.32 Å². The Labute approximate surface area is 101 Å². The smallest absolute Gasteiger partial charge is 0.247 e. The zero-order chi connectivity index (χ0) is 12.1. The Morgan fingerprint density at radius 2 is 2.12 bits per heavy atom. The van der Waals surface area contributed by atoms with Gasteiger partial charge in [0.1, 0.15) is 0 Å². The SMILES string of the molecule is O=C(N[C@@H](CO)c1ccccc1)C1=CCCC1. The van der Waals surface area contributed by atoms with Crippen molar-refractivity contribution in [1.29, 1.82) is 0 Å². The van der Waals surface area contributed by atoms with E-state index in [1.165, 1.54) is 0 Å². The van der Waals surface area contributed by atoms with Crippen LogP contribution in [0.25, 0.3) is 0 Å². The summed E-state index contributed by atoms with van der Waals surface area (Å²) in [7, 11) is 0. The Morgan fingerprint density at radius 1 is 1.35 bits per heavy atom. The molecule has 0 fully saturated rings. The quantitative estimate of drug-likeness (QED) is 0.832. The summed E-state index contributed by atoms with van der Waals surface area (Å²) in [5.74, 6) is -0.0506. The zero-order valence-electron chi connectivity index (χ0n) is 9.73. The van der Waals surface area contributed by atoms with Crippen LogP contribution in [0.1, 0.15) is 30.9 Å². The standard InChI is InChI=1S/C14H17NO2/c16-10-13(11-6-2-1-3-7-11)15-14(17)12-8-4-5-9-12/h1-3,6-8,13,16H,4-5,9-10H2,(H,15,17)/t13-/m0/s1. The van der Waals surface area contributed by atoms with E-state index in [1.54, 1.807) is 0 Å². The number of hydrogen-bond acceptors (Lipinski definition) is 2. The number of aliphatic hydroxyl groups excluding tert-OH is 1. The number of hydrogen-bond donors (Lipinski definition) is 2. The maximum absolute atomic E-state index is 11.9. The fourth-order valence-electron chi connectivity index (χ4n) is 2.05. The van der Waals surface area contributed by atoms with Crippen LogP contribution in [0, 0.1) is 0 Å². The first-order valence-corrected chi connectivity index (χ1v) is 5.97. The van der Waals surface area contributed by atoms with Gasteiger partial charge in [0.25, 0.3) is 0 Å². The maximum Gasteiger partial charge on any atom is 0.247 e. The third kappa shape index (κ3) is 2.94. The third-order valence-electron chi connectivity index (χ3n) is 3.02. The van der Waals surface area contributed by atoms with Gasteiger partial charge in [-0.05, 0) is 24.8 Å². The van der Waals surface area contributed by atoms with E-state index in [2.05, 4.69) is 5.32 Å². The van der Waals surface area contributed by atoms with E-state index in [9.17, 15) is 9.90 Å². The van der Waals surface area contributed by atoms with Crippen molar-refractivity contribution in [3.8, 4) is 0 Å². The summed E-state index contributed by atoms with van der Waals surface area (Å²) in [6, 6.07) is 9.22. The van der Waals surface area contributed by atoms with Gasteiger partial charge in [-0.3, -0.25) is 4.79 Å². The first kappa shape index (κ1) is 11.9. The molecule has 0 bridgehead atoms. The fraction of sp³-hybridized carbons (Fsp3) is 0.357. The molecule has 1 aliphatic rings. The van der Waals surface area contributed by atoms with E-state index in [1.807, 2.05) is 36.4 Å². The number of nitrogens with one attached hydrogen (secondary N) is 1. The highest BCUT2D eigenvalue weighted by Gasteiger charge is 2.18. The van der Waals surface area contributed by atoms with Crippen LogP contribution in [-0.2, 0) is 4.79 Å². The minimum absolute atomic E-state index is 0.0506. The van der Waals surface area contributed by atoms with Crippen molar-refractivity contribution in [2.24, 2.45) is 0 Å². The Hall–Kier alpha value is -1.61. The molecule has 1 atom stereocenters. The van der Waals surface area contributed by atoms with Crippen molar-refractivity contribution in [2.45, 2.75) is 25.3 Å². The largest absolute Gasteiger partial charge is 0.394 e. The van der Waals surface area contributed by atoms with Crippen LogP contribution in [0.2, 0.25) is 0 Å². The van der Waals surface area contributed by atoms with Crippen LogP contribution in [0.4, 0.5) is 0 Å². The van der Waals surface area contributed by atoms with Crippen LogP contribution in [0.3, 0.4) is 0 Å². The monoisotopic (exact) mass is 231 g/mol. The molecule has 1 aliphatic carbocycles. The van der Waals surface area contributed by atoms with Gasteiger partial charge in [-0.1, -0.05) is 36.4 Å². The van der Waals surface area contributed by atoms with Gasteiger partial charge in [0.2, 0.25) is 5.91 Å². The van der Waals surface area contributed by atoms with Gasteiger partial charge < -0.3 is 10.4 Å². The van der Waals surface area contributed by atoms with Gasteiger partial charge in [-0.2, -0.15) is 0 Å². The van der Waals surface area contributed by atoms with Gasteiger partial charge in [-0.15, -0.1) is 0 Å². The van der Waals surface area contributed by atoms with Crippen LogP contribution in [-0.4, -0.2) is 17.6 Å². The van der Waals surface area contributed by atoms with Gasteiger partial charge in [0, 0.05) is 5.57 Å². The summed E-state index contributed by atoms with van der Waals surface area (Å²) >= 11 is 0. The lowest BCUT2D eigenvalue weighted by molar-refractivity contribution is -0.118. The summed E-state index contributed by atoms with van der Waals surface area (Å²) in [6.07, 6.45) is 4.86. The number of carbonyl (C=O) groups excluding carboxylic acids is 1. The lowest BCUT2D eigenvalue weighted by atomic mass is 10.1. The van der Waals surface area contributed by atoms with E-state index in [4.69, 9.17) is 0 Å². The zero-order valence-corrected chi connectivity index (χ0v) is 9.73. The molecule has 3 heteroatoms. The van der Waals surface area contributed by atoms with Gasteiger partial charge >= 0.3 is 0 Å². The fourth-order valence-corrected chi connectivity index (χ4v) is 2.05. The lowest BCUT2D eigenvalue weighted by Crippen LogP contribution is -2.31.